The van der Waals surface area contributed by atoms with E-state index >= 15 is 0 Å². The largest absolute Gasteiger partial charge is 0.481 e. The topological polar surface area (TPSA) is 75.6 Å². The Balaban J connectivity index is 1.71. The van der Waals surface area contributed by atoms with Crippen LogP contribution in [-0.2, 0) is 16.0 Å². The first kappa shape index (κ1) is 16.1. The maximum atomic E-state index is 12.6. The number of ether oxygens (including phenoxy) is 1. The summed E-state index contributed by atoms with van der Waals surface area (Å²) in [6, 6.07) is 5.28. The van der Waals surface area contributed by atoms with Crippen LogP contribution in [0.5, 0.6) is 5.75 Å². The summed E-state index contributed by atoms with van der Waals surface area (Å²) in [4.78, 5) is 24.1. The number of rotatable bonds is 3. The van der Waals surface area contributed by atoms with Gasteiger partial charge in [-0.2, -0.15) is 0 Å². The molecule has 3 atom stereocenters. The first-order valence-corrected chi connectivity index (χ1v) is 8.27. The normalized spacial score (nSPS) is 29.5. The SMILES string of the molecule is CC1(NC(=O)C2Cc3cc(Cl)ccc3O2)CCCCC1C(=O)O. The van der Waals surface area contributed by atoms with Gasteiger partial charge in [0.25, 0.3) is 5.91 Å². The van der Waals surface area contributed by atoms with E-state index in [9.17, 15) is 14.7 Å². The molecule has 0 spiro atoms. The zero-order chi connectivity index (χ0) is 16.6. The number of carbonyl (C=O) groups excluding carboxylic acids is 1. The fraction of sp³-hybridized carbons (Fsp3) is 0.529. The summed E-state index contributed by atoms with van der Waals surface area (Å²) in [5.74, 6) is -1.00. The first-order chi connectivity index (χ1) is 10.9. The van der Waals surface area contributed by atoms with E-state index in [1.165, 1.54) is 0 Å². The van der Waals surface area contributed by atoms with Gasteiger partial charge in [-0.3, -0.25) is 9.59 Å². The lowest BCUT2D eigenvalue weighted by molar-refractivity contribution is -0.147. The van der Waals surface area contributed by atoms with Crippen LogP contribution < -0.4 is 10.1 Å². The number of carbonyl (C=O) groups is 2. The van der Waals surface area contributed by atoms with Crippen LogP contribution in [-0.4, -0.2) is 28.6 Å². The molecule has 124 valence electrons. The zero-order valence-electron chi connectivity index (χ0n) is 13.0. The van der Waals surface area contributed by atoms with Gasteiger partial charge in [0.15, 0.2) is 6.10 Å². The molecule has 0 bridgehead atoms. The Kier molecular flexibility index (Phi) is 4.23. The van der Waals surface area contributed by atoms with Crippen LogP contribution in [0.3, 0.4) is 0 Å². The van der Waals surface area contributed by atoms with Gasteiger partial charge in [0.2, 0.25) is 0 Å². The molecule has 0 radical (unpaired) electrons. The standard InChI is InChI=1S/C17H20ClNO4/c1-17(7-3-2-4-12(17)16(21)22)19-15(20)14-9-10-8-11(18)5-6-13(10)23-14/h5-6,8,12,14H,2-4,7,9H2,1H3,(H,19,20)(H,21,22). The minimum Gasteiger partial charge on any atom is -0.481 e. The number of hydrogen-bond donors (Lipinski definition) is 2. The highest BCUT2D eigenvalue weighted by Crippen LogP contribution is 2.35. The second-order valence-corrected chi connectivity index (χ2v) is 7.04. The lowest BCUT2D eigenvalue weighted by Gasteiger charge is -2.40. The average molecular weight is 338 g/mol. The first-order valence-electron chi connectivity index (χ1n) is 7.89. The third-order valence-corrected chi connectivity index (χ3v) is 5.14. The fourth-order valence-corrected chi connectivity index (χ4v) is 3.80. The van der Waals surface area contributed by atoms with Gasteiger partial charge in [-0.15, -0.1) is 0 Å². The van der Waals surface area contributed by atoms with Crippen molar-refractivity contribution < 1.29 is 19.4 Å². The van der Waals surface area contributed by atoms with E-state index < -0.39 is 23.5 Å². The van der Waals surface area contributed by atoms with Gasteiger partial charge in [-0.1, -0.05) is 24.4 Å². The Bertz CT molecular complexity index is 647. The van der Waals surface area contributed by atoms with E-state index in [0.29, 0.717) is 30.0 Å². The predicted octanol–water partition coefficient (Wildman–Crippen LogP) is 2.79. The summed E-state index contributed by atoms with van der Waals surface area (Å²) in [5, 5.41) is 13.0. The molecule has 3 unspecified atom stereocenters. The molecular formula is C17H20ClNO4. The number of aliphatic carboxylic acids is 1. The molecule has 1 aromatic rings. The van der Waals surface area contributed by atoms with E-state index in [4.69, 9.17) is 16.3 Å². The Labute approximate surface area is 140 Å². The smallest absolute Gasteiger partial charge is 0.308 e. The summed E-state index contributed by atoms with van der Waals surface area (Å²) in [7, 11) is 0. The molecule has 0 aromatic heterocycles. The van der Waals surface area contributed by atoms with Crippen molar-refractivity contribution in [3.05, 3.63) is 28.8 Å². The van der Waals surface area contributed by atoms with Gasteiger partial charge >= 0.3 is 5.97 Å². The molecule has 3 rings (SSSR count). The maximum Gasteiger partial charge on any atom is 0.308 e. The molecule has 1 aliphatic carbocycles. The summed E-state index contributed by atoms with van der Waals surface area (Å²) in [6.07, 6.45) is 2.88. The molecule has 1 amide bonds. The number of amides is 1. The molecule has 1 heterocycles. The minimum atomic E-state index is -0.852. The van der Waals surface area contributed by atoms with Crippen LogP contribution in [0.1, 0.15) is 38.2 Å². The molecule has 5 nitrogen and oxygen atoms in total. The highest BCUT2D eigenvalue weighted by molar-refractivity contribution is 6.30. The molecule has 0 saturated heterocycles. The Hall–Kier alpha value is -1.75. The summed E-state index contributed by atoms with van der Waals surface area (Å²) < 4.78 is 5.69. The predicted molar refractivity (Wildman–Crippen MR) is 85.7 cm³/mol. The number of hydrogen-bond acceptors (Lipinski definition) is 3. The van der Waals surface area contributed by atoms with Crippen LogP contribution in [0.25, 0.3) is 0 Å². The van der Waals surface area contributed by atoms with Crippen molar-refractivity contribution in [3.63, 3.8) is 0 Å². The van der Waals surface area contributed by atoms with Gasteiger partial charge in [0.1, 0.15) is 5.75 Å². The molecule has 1 fully saturated rings. The number of halogens is 1. The number of benzene rings is 1. The lowest BCUT2D eigenvalue weighted by atomic mass is 9.73. The van der Waals surface area contributed by atoms with Crippen molar-refractivity contribution in [1.82, 2.24) is 5.32 Å². The van der Waals surface area contributed by atoms with E-state index in [0.717, 1.165) is 18.4 Å². The van der Waals surface area contributed by atoms with Crippen LogP contribution in [0.15, 0.2) is 18.2 Å². The van der Waals surface area contributed by atoms with Crippen LogP contribution >= 0.6 is 11.6 Å². The van der Waals surface area contributed by atoms with E-state index in [1.807, 2.05) is 6.92 Å². The van der Waals surface area contributed by atoms with Crippen LogP contribution in [0.4, 0.5) is 0 Å². The van der Waals surface area contributed by atoms with Gasteiger partial charge in [0, 0.05) is 11.4 Å². The van der Waals surface area contributed by atoms with Gasteiger partial charge in [-0.05, 0) is 43.5 Å². The minimum absolute atomic E-state index is 0.257. The van der Waals surface area contributed by atoms with Crippen LogP contribution in [0, 0.1) is 5.92 Å². The molecule has 23 heavy (non-hydrogen) atoms. The van der Waals surface area contributed by atoms with Gasteiger partial charge in [0.05, 0.1) is 11.5 Å². The van der Waals surface area contributed by atoms with Crippen molar-refractivity contribution in [2.75, 3.05) is 0 Å². The molecule has 1 aliphatic heterocycles. The molecular weight excluding hydrogens is 318 g/mol. The average Bonchev–Trinajstić information content (AvgIpc) is 2.90. The van der Waals surface area contributed by atoms with Crippen molar-refractivity contribution in [2.45, 2.75) is 50.7 Å². The third kappa shape index (κ3) is 3.15. The maximum absolute atomic E-state index is 12.6. The molecule has 1 saturated carbocycles. The Morgan fingerprint density at radius 1 is 1.39 bits per heavy atom. The highest BCUT2D eigenvalue weighted by Gasteiger charge is 2.44. The number of fused-ring (bicyclic) bond motifs is 1. The van der Waals surface area contributed by atoms with E-state index in [-0.39, 0.29) is 5.91 Å². The van der Waals surface area contributed by atoms with Crippen molar-refractivity contribution in [2.24, 2.45) is 5.92 Å². The summed E-state index contributed by atoms with van der Waals surface area (Å²) in [6.45, 7) is 1.82. The third-order valence-electron chi connectivity index (χ3n) is 4.90. The van der Waals surface area contributed by atoms with Gasteiger partial charge < -0.3 is 15.2 Å². The van der Waals surface area contributed by atoms with E-state index in [2.05, 4.69) is 5.32 Å². The lowest BCUT2D eigenvalue weighted by Crippen LogP contribution is -2.58. The Morgan fingerprint density at radius 2 is 2.17 bits per heavy atom. The zero-order valence-corrected chi connectivity index (χ0v) is 13.7. The second-order valence-electron chi connectivity index (χ2n) is 6.61. The van der Waals surface area contributed by atoms with Crippen LogP contribution in [0.2, 0.25) is 5.02 Å². The number of carboxylic acid groups (broad SMARTS) is 1. The fourth-order valence-electron chi connectivity index (χ4n) is 3.60. The second kappa shape index (κ2) is 6.04. The van der Waals surface area contributed by atoms with Gasteiger partial charge in [-0.25, -0.2) is 0 Å². The van der Waals surface area contributed by atoms with Crippen molar-refractivity contribution >= 4 is 23.5 Å². The quantitative estimate of drug-likeness (QED) is 0.889. The molecule has 2 aliphatic rings. The van der Waals surface area contributed by atoms with Crippen molar-refractivity contribution in [3.8, 4) is 5.75 Å². The highest BCUT2D eigenvalue weighted by atomic mass is 35.5. The summed E-state index contributed by atoms with van der Waals surface area (Å²) >= 11 is 5.96. The number of nitrogens with one attached hydrogen (secondary N) is 1. The molecule has 6 heteroatoms. The molecule has 2 N–H and O–H groups in total. The van der Waals surface area contributed by atoms with Crippen molar-refractivity contribution in [1.29, 1.82) is 0 Å². The Morgan fingerprint density at radius 3 is 2.91 bits per heavy atom. The van der Waals surface area contributed by atoms with E-state index in [1.54, 1.807) is 18.2 Å². The molecule has 1 aromatic carbocycles. The monoisotopic (exact) mass is 337 g/mol. The summed E-state index contributed by atoms with van der Waals surface area (Å²) in [5.41, 5.74) is 0.179. The number of carboxylic acids is 1.